The SMILES string of the molecule is CC#CC#CC#CC#CC#CC#CC#CC#CC#CC#CC#CC#CC(=O)N[C@@H](CN[C@H]1C[C@H](O)[C@@H](O)[C@H](O)[C@H]1O)[C@H](O)[C@H](O)CCCCCCCCCCCCCC. The van der Waals surface area contributed by atoms with Crippen LogP contribution < -0.4 is 10.6 Å². The number of rotatable bonds is 19. The highest BCUT2D eigenvalue weighted by Gasteiger charge is 2.42. The zero-order valence-electron chi connectivity index (χ0n) is 33.8. The minimum absolute atomic E-state index is 0.0904. The number of hydrogen-bond acceptors (Lipinski definition) is 8. The van der Waals surface area contributed by atoms with Gasteiger partial charge in [-0.15, -0.1) is 0 Å². The zero-order valence-corrected chi connectivity index (χ0v) is 33.8. The van der Waals surface area contributed by atoms with E-state index in [1.807, 2.05) is 0 Å². The van der Waals surface area contributed by atoms with Crippen molar-refractivity contribution in [2.45, 2.75) is 152 Å². The molecule has 0 bridgehead atoms. The number of aliphatic hydroxyl groups is 6. The second kappa shape index (κ2) is 35.1. The molecule has 0 spiro atoms. The van der Waals surface area contributed by atoms with Crippen molar-refractivity contribution >= 4 is 5.91 Å². The number of carbonyl (C=O) groups is 1. The van der Waals surface area contributed by atoms with Crippen molar-refractivity contribution in [1.29, 1.82) is 0 Å². The summed E-state index contributed by atoms with van der Waals surface area (Å²) >= 11 is 0. The first-order valence-electron chi connectivity index (χ1n) is 19.8. The Morgan fingerprint density at radius 2 is 0.932 bits per heavy atom. The maximum absolute atomic E-state index is 12.7. The molecule has 0 aliphatic heterocycles. The van der Waals surface area contributed by atoms with Crippen molar-refractivity contribution in [3.8, 4) is 142 Å². The van der Waals surface area contributed by atoms with Crippen molar-refractivity contribution in [2.75, 3.05) is 6.54 Å². The average Bonchev–Trinajstić information content (AvgIpc) is 3.23. The molecule has 0 aromatic rings. The highest BCUT2D eigenvalue weighted by molar-refractivity contribution is 5.94. The fraction of sp³-hybridized carbons (Fsp3) is 0.500. The van der Waals surface area contributed by atoms with E-state index >= 15 is 0 Å². The first-order chi connectivity index (χ1) is 28.7. The van der Waals surface area contributed by atoms with Crippen LogP contribution in [0.5, 0.6) is 0 Å². The third kappa shape index (κ3) is 26.5. The summed E-state index contributed by atoms with van der Waals surface area (Å²) in [7, 11) is 0. The lowest BCUT2D eigenvalue weighted by Gasteiger charge is -2.39. The Bertz CT molecular complexity index is 2120. The van der Waals surface area contributed by atoms with Gasteiger partial charge >= 0.3 is 0 Å². The van der Waals surface area contributed by atoms with Gasteiger partial charge in [0.15, 0.2) is 0 Å². The summed E-state index contributed by atoms with van der Waals surface area (Å²) < 4.78 is 0. The lowest BCUT2D eigenvalue weighted by molar-refractivity contribution is -0.147. The van der Waals surface area contributed by atoms with Crippen LogP contribution in [0, 0.1) is 142 Å². The van der Waals surface area contributed by atoms with Crippen molar-refractivity contribution < 1.29 is 35.4 Å². The molecular formula is C50H52N2O7. The van der Waals surface area contributed by atoms with Gasteiger partial charge in [0.05, 0.1) is 24.4 Å². The summed E-state index contributed by atoms with van der Waals surface area (Å²) in [6.45, 7) is 3.75. The van der Waals surface area contributed by atoms with E-state index in [1.54, 1.807) is 6.92 Å². The van der Waals surface area contributed by atoms with Crippen molar-refractivity contribution in [2.24, 2.45) is 0 Å². The van der Waals surface area contributed by atoms with Gasteiger partial charge in [-0.3, -0.25) is 4.79 Å². The molecule has 59 heavy (non-hydrogen) atoms. The molecule has 1 rings (SSSR count). The van der Waals surface area contributed by atoms with Crippen LogP contribution in [0.2, 0.25) is 0 Å². The number of amides is 1. The van der Waals surface area contributed by atoms with Crippen LogP contribution in [0.15, 0.2) is 0 Å². The second-order valence-corrected chi connectivity index (χ2v) is 13.2. The maximum Gasteiger partial charge on any atom is 0.297 e. The van der Waals surface area contributed by atoms with Gasteiger partial charge in [-0.2, -0.15) is 0 Å². The van der Waals surface area contributed by atoms with E-state index in [2.05, 4.69) is 160 Å². The van der Waals surface area contributed by atoms with Crippen molar-refractivity contribution in [3.63, 3.8) is 0 Å². The molecule has 1 aliphatic rings. The summed E-state index contributed by atoms with van der Waals surface area (Å²) in [5.41, 5.74) is 0. The number of aliphatic hydroxyl groups excluding tert-OH is 6. The fourth-order valence-electron chi connectivity index (χ4n) is 5.56. The third-order valence-corrected chi connectivity index (χ3v) is 8.69. The first kappa shape index (κ1) is 50.9. The largest absolute Gasteiger partial charge is 0.390 e. The normalized spacial score (nSPS) is 17.9. The molecule has 8 N–H and O–H groups in total. The molecule has 0 radical (unpaired) electrons. The van der Waals surface area contributed by atoms with E-state index in [1.165, 1.54) is 51.4 Å². The van der Waals surface area contributed by atoms with Gasteiger partial charge in [0.1, 0.15) is 18.3 Å². The number of hydrogen-bond donors (Lipinski definition) is 8. The van der Waals surface area contributed by atoms with E-state index in [0.29, 0.717) is 12.8 Å². The standard InChI is InChI=1S/C50H52N2O7/c1-3-5-7-9-11-13-15-17-18-19-20-21-22-23-24-25-26-27-29-31-33-35-37-39-46(55)52-43(41-51-42-40-45(54)49(58)50(59)48(42)57)47(56)44(53)38-36-34-32-30-28-16-14-12-10-8-6-4-2/h42-45,47-51,53-54,56-59H,4,6,8,10,12,14,16,28,30,32,34,36,38,40-41H2,1-2H3,(H,52,55)/t42-,43-,44+,45-,47-,48-,49+,50+/m0/s1. The quantitative estimate of drug-likeness (QED) is 0.0715. The smallest absolute Gasteiger partial charge is 0.297 e. The van der Waals surface area contributed by atoms with Gasteiger partial charge in [0.25, 0.3) is 5.91 Å². The monoisotopic (exact) mass is 792 g/mol. The lowest BCUT2D eigenvalue weighted by Crippen LogP contribution is -2.62. The van der Waals surface area contributed by atoms with Gasteiger partial charge in [-0.25, -0.2) is 0 Å². The predicted molar refractivity (Wildman–Crippen MR) is 229 cm³/mol. The summed E-state index contributed by atoms with van der Waals surface area (Å²) in [5, 5.41) is 67.9. The van der Waals surface area contributed by atoms with Gasteiger partial charge in [0, 0.05) is 54.0 Å². The lowest BCUT2D eigenvalue weighted by atomic mass is 9.85. The molecule has 1 saturated carbocycles. The highest BCUT2D eigenvalue weighted by Crippen LogP contribution is 2.21. The van der Waals surface area contributed by atoms with E-state index in [9.17, 15) is 35.4 Å². The second-order valence-electron chi connectivity index (χ2n) is 13.2. The van der Waals surface area contributed by atoms with Gasteiger partial charge in [-0.05, 0) is 114 Å². The Kier molecular flexibility index (Phi) is 30.3. The molecular weight excluding hydrogens is 741 g/mol. The number of unbranched alkanes of at least 4 members (excludes halogenated alkanes) is 11. The Balaban J connectivity index is 2.70. The van der Waals surface area contributed by atoms with E-state index in [4.69, 9.17) is 0 Å². The van der Waals surface area contributed by atoms with E-state index in [0.717, 1.165) is 19.3 Å². The summed E-state index contributed by atoms with van der Waals surface area (Å²) in [6, 6.07) is -1.92. The maximum atomic E-state index is 12.7. The molecule has 1 amide bonds. The number of carbonyl (C=O) groups excluding carboxylic acids is 1. The van der Waals surface area contributed by atoms with Gasteiger partial charge in [0.2, 0.25) is 0 Å². The summed E-state index contributed by atoms with van der Waals surface area (Å²) in [6.07, 6.45) is 5.72. The Hall–Kier alpha value is -6.09. The Morgan fingerprint density at radius 1 is 0.542 bits per heavy atom. The minimum atomic E-state index is -1.60. The zero-order chi connectivity index (χ0) is 43.2. The molecule has 1 aliphatic carbocycles. The predicted octanol–water partition coefficient (Wildman–Crippen LogP) is 1.15. The average molecular weight is 793 g/mol. The Morgan fingerprint density at radius 3 is 1.36 bits per heavy atom. The Labute approximate surface area is 352 Å². The molecule has 0 heterocycles. The first-order valence-corrected chi connectivity index (χ1v) is 19.8. The van der Waals surface area contributed by atoms with Crippen LogP contribution in [0.1, 0.15) is 104 Å². The van der Waals surface area contributed by atoms with Gasteiger partial charge in [-0.1, -0.05) is 89.9 Å². The van der Waals surface area contributed by atoms with Crippen LogP contribution in [0.4, 0.5) is 0 Å². The fourth-order valence-corrected chi connectivity index (χ4v) is 5.56. The van der Waals surface area contributed by atoms with Crippen LogP contribution in [0.3, 0.4) is 0 Å². The molecule has 8 atom stereocenters. The van der Waals surface area contributed by atoms with Gasteiger partial charge < -0.3 is 41.3 Å². The van der Waals surface area contributed by atoms with E-state index < -0.39 is 54.6 Å². The van der Waals surface area contributed by atoms with Crippen LogP contribution in [-0.4, -0.2) is 91.8 Å². The summed E-state index contributed by atoms with van der Waals surface area (Å²) in [4.78, 5) is 12.7. The van der Waals surface area contributed by atoms with Crippen LogP contribution >= 0.6 is 0 Å². The molecule has 0 aromatic heterocycles. The molecule has 0 unspecified atom stereocenters. The number of nitrogens with one attached hydrogen (secondary N) is 2. The molecule has 304 valence electrons. The van der Waals surface area contributed by atoms with Crippen molar-refractivity contribution in [3.05, 3.63) is 0 Å². The molecule has 9 nitrogen and oxygen atoms in total. The van der Waals surface area contributed by atoms with Crippen LogP contribution in [-0.2, 0) is 4.79 Å². The minimum Gasteiger partial charge on any atom is -0.390 e. The molecule has 0 aromatic carbocycles. The highest BCUT2D eigenvalue weighted by atomic mass is 16.4. The van der Waals surface area contributed by atoms with Crippen LogP contribution in [0.25, 0.3) is 0 Å². The molecule has 0 saturated heterocycles. The van der Waals surface area contributed by atoms with Crippen molar-refractivity contribution in [1.82, 2.24) is 10.6 Å². The van der Waals surface area contributed by atoms with E-state index in [-0.39, 0.29) is 13.0 Å². The third-order valence-electron chi connectivity index (χ3n) is 8.69. The molecule has 9 heteroatoms. The topological polar surface area (TPSA) is 163 Å². The molecule has 1 fully saturated rings. The summed E-state index contributed by atoms with van der Waals surface area (Å²) in [5.74, 6) is 58.7.